The highest BCUT2D eigenvalue weighted by molar-refractivity contribution is 5.84. The van der Waals surface area contributed by atoms with Crippen LogP contribution in [-0.4, -0.2) is 50.1 Å². The zero-order chi connectivity index (χ0) is 23.0. The first-order valence-corrected chi connectivity index (χ1v) is 10.8. The van der Waals surface area contributed by atoms with Crippen LogP contribution in [0.25, 0.3) is 22.4 Å². The van der Waals surface area contributed by atoms with Gasteiger partial charge in [-0.3, -0.25) is 0 Å². The quantitative estimate of drug-likeness (QED) is 0.618. The molecule has 0 saturated carbocycles. The van der Waals surface area contributed by atoms with Crippen LogP contribution in [0.4, 0.5) is 14.6 Å². The van der Waals surface area contributed by atoms with Crippen LogP contribution in [0.3, 0.4) is 0 Å². The Kier molecular flexibility index (Phi) is 4.50. The van der Waals surface area contributed by atoms with Crippen molar-refractivity contribution in [2.24, 2.45) is 0 Å². The number of halogens is 2. The van der Waals surface area contributed by atoms with Crippen molar-refractivity contribution in [1.82, 2.24) is 20.5 Å². The fourth-order valence-corrected chi connectivity index (χ4v) is 5.34. The first kappa shape index (κ1) is 21.1. The molecule has 2 aromatic heterocycles. The number of oxazole rings is 1. The maximum absolute atomic E-state index is 15.5. The monoisotopic (exact) mass is 443 g/mol. The van der Waals surface area contributed by atoms with E-state index in [4.69, 9.17) is 4.42 Å². The van der Waals surface area contributed by atoms with E-state index >= 15 is 4.39 Å². The molecule has 0 unspecified atom stereocenters. The summed E-state index contributed by atoms with van der Waals surface area (Å²) >= 11 is 0. The van der Waals surface area contributed by atoms with Gasteiger partial charge in [-0.05, 0) is 52.7 Å². The van der Waals surface area contributed by atoms with E-state index in [0.717, 1.165) is 5.56 Å². The molecule has 1 saturated heterocycles. The second-order valence-electron chi connectivity index (χ2n) is 10.1. The highest BCUT2D eigenvalue weighted by atomic mass is 19.1. The molecule has 7 nitrogen and oxygen atoms in total. The molecule has 3 aromatic rings. The molecule has 4 heterocycles. The third kappa shape index (κ3) is 3.21. The average molecular weight is 443 g/mol. The van der Waals surface area contributed by atoms with Crippen LogP contribution >= 0.6 is 0 Å². The zero-order valence-corrected chi connectivity index (χ0v) is 18.8. The molecule has 0 amide bonds. The first-order chi connectivity index (χ1) is 15.0. The molecule has 1 aromatic carbocycles. The molecule has 0 spiro atoms. The number of piperidine rings is 1. The van der Waals surface area contributed by atoms with Gasteiger partial charge >= 0.3 is 0 Å². The lowest BCUT2D eigenvalue weighted by Gasteiger charge is -2.51. The number of aryl methyl sites for hydroxylation is 1. The lowest BCUT2D eigenvalue weighted by molar-refractivity contribution is 0.0555. The van der Waals surface area contributed by atoms with Crippen molar-refractivity contribution >= 4 is 16.9 Å². The van der Waals surface area contributed by atoms with Gasteiger partial charge in [-0.1, -0.05) is 0 Å². The van der Waals surface area contributed by atoms with Gasteiger partial charge in [0.25, 0.3) is 0 Å². The van der Waals surface area contributed by atoms with Crippen LogP contribution in [0.1, 0.15) is 45.6 Å². The van der Waals surface area contributed by atoms with E-state index < -0.39 is 23.3 Å². The van der Waals surface area contributed by atoms with Gasteiger partial charge in [0.05, 0.1) is 11.7 Å². The number of phenolic OH excluding ortho intramolecular Hbond substituents is 1. The molecular weight excluding hydrogens is 416 g/mol. The third-order valence-corrected chi connectivity index (χ3v) is 6.53. The molecular formula is C23H27F2N5O2. The number of fused-ring (bicyclic) bond motifs is 2. The minimum atomic E-state index is -1.08. The fourth-order valence-electron chi connectivity index (χ4n) is 5.34. The molecule has 0 aliphatic carbocycles. The van der Waals surface area contributed by atoms with Gasteiger partial charge in [-0.2, -0.15) is 4.39 Å². The number of aromatic hydroxyl groups is 1. The van der Waals surface area contributed by atoms with Crippen molar-refractivity contribution in [3.63, 3.8) is 0 Å². The van der Waals surface area contributed by atoms with E-state index in [1.54, 1.807) is 19.1 Å². The molecule has 2 aliphatic heterocycles. The third-order valence-electron chi connectivity index (χ3n) is 6.53. The second kappa shape index (κ2) is 6.84. The molecule has 1 fully saturated rings. The van der Waals surface area contributed by atoms with Gasteiger partial charge in [0, 0.05) is 35.7 Å². The maximum Gasteiger partial charge on any atom is 0.210 e. The number of hydrogen-bond acceptors (Lipinski definition) is 7. The summed E-state index contributed by atoms with van der Waals surface area (Å²) in [7, 11) is 0. The van der Waals surface area contributed by atoms with Crippen LogP contribution in [-0.2, 0) is 6.42 Å². The molecule has 0 bridgehead atoms. The van der Waals surface area contributed by atoms with E-state index in [1.165, 1.54) is 0 Å². The van der Waals surface area contributed by atoms with Crippen molar-refractivity contribution < 1.29 is 18.3 Å². The van der Waals surface area contributed by atoms with Gasteiger partial charge in [-0.15, -0.1) is 10.2 Å². The van der Waals surface area contributed by atoms with E-state index in [1.807, 2.05) is 18.7 Å². The van der Waals surface area contributed by atoms with Crippen molar-refractivity contribution in [3.05, 3.63) is 29.4 Å². The molecule has 170 valence electrons. The van der Waals surface area contributed by atoms with Crippen LogP contribution < -0.4 is 10.2 Å². The topological polar surface area (TPSA) is 87.3 Å². The molecule has 2 N–H and O–H groups in total. The minimum Gasteiger partial charge on any atom is -0.504 e. The summed E-state index contributed by atoms with van der Waals surface area (Å²) in [6.07, 6.45) is 0.220. The SMILES string of the molecule is Cc1nc2cc(-c3cc4c(nn3)N([C@H]3CC(C)(C)NC(C)(C)[C@H]3F)CC4)c(O)c(F)c2o1. The van der Waals surface area contributed by atoms with Gasteiger partial charge in [0.15, 0.2) is 23.0 Å². The molecule has 9 heteroatoms. The zero-order valence-electron chi connectivity index (χ0n) is 18.8. The Labute approximate surface area is 184 Å². The highest BCUT2D eigenvalue weighted by Crippen LogP contribution is 2.41. The summed E-state index contributed by atoms with van der Waals surface area (Å²) in [4.78, 5) is 6.17. The standard InChI is InChI=1S/C23H27F2N5O2/c1-11-26-15-9-13(18(31)17(24)19(15)32-11)14-8-12-6-7-30(21(12)28-27-14)16-10-22(2,3)29-23(4,5)20(16)25/h8-9,16,20,29,31H,6-7,10H2,1-5H3/t16-,20-/m0/s1. The smallest absolute Gasteiger partial charge is 0.210 e. The first-order valence-electron chi connectivity index (χ1n) is 10.8. The van der Waals surface area contributed by atoms with Crippen LogP contribution in [0, 0.1) is 12.7 Å². The van der Waals surface area contributed by atoms with Gasteiger partial charge in [-0.25, -0.2) is 9.37 Å². The van der Waals surface area contributed by atoms with Crippen LogP contribution in [0.15, 0.2) is 16.5 Å². The van der Waals surface area contributed by atoms with Crippen molar-refractivity contribution in [2.45, 2.75) is 70.8 Å². The molecule has 0 radical (unpaired) electrons. The van der Waals surface area contributed by atoms with E-state index in [2.05, 4.69) is 34.3 Å². The van der Waals surface area contributed by atoms with Crippen molar-refractivity contribution in [1.29, 1.82) is 0 Å². The summed E-state index contributed by atoms with van der Waals surface area (Å²) in [5.74, 6) is -0.474. The van der Waals surface area contributed by atoms with Gasteiger partial charge in [0.1, 0.15) is 11.7 Å². The van der Waals surface area contributed by atoms with Crippen LogP contribution in [0.5, 0.6) is 5.75 Å². The summed E-state index contributed by atoms with van der Waals surface area (Å²) in [6.45, 7) is 10.2. The molecule has 2 aliphatic rings. The Morgan fingerprint density at radius 3 is 2.72 bits per heavy atom. The number of nitrogens with zero attached hydrogens (tertiary/aromatic N) is 4. The lowest BCUT2D eigenvalue weighted by atomic mass is 9.77. The number of phenols is 1. The number of nitrogens with one attached hydrogen (secondary N) is 1. The van der Waals surface area contributed by atoms with Gasteiger partial charge < -0.3 is 19.7 Å². The summed E-state index contributed by atoms with van der Waals surface area (Å²) < 4.78 is 35.3. The predicted molar refractivity (Wildman–Crippen MR) is 117 cm³/mol. The number of rotatable bonds is 2. The van der Waals surface area contributed by atoms with E-state index in [9.17, 15) is 9.50 Å². The Hall–Kier alpha value is -2.81. The number of hydrogen-bond donors (Lipinski definition) is 2. The van der Waals surface area contributed by atoms with Crippen molar-refractivity contribution in [3.8, 4) is 17.0 Å². The van der Waals surface area contributed by atoms with E-state index in [-0.39, 0.29) is 22.7 Å². The Balaban J connectivity index is 1.52. The van der Waals surface area contributed by atoms with Gasteiger partial charge in [0.2, 0.25) is 5.82 Å². The summed E-state index contributed by atoms with van der Waals surface area (Å²) in [6, 6.07) is 3.01. The Morgan fingerprint density at radius 1 is 1.22 bits per heavy atom. The average Bonchev–Trinajstić information content (AvgIpc) is 3.29. The summed E-state index contributed by atoms with van der Waals surface area (Å²) in [5.41, 5.74) is 0.757. The number of benzene rings is 1. The molecule has 5 rings (SSSR count). The molecule has 32 heavy (non-hydrogen) atoms. The summed E-state index contributed by atoms with van der Waals surface area (Å²) in [5, 5.41) is 22.5. The highest BCUT2D eigenvalue weighted by Gasteiger charge is 2.49. The van der Waals surface area contributed by atoms with Crippen molar-refractivity contribution in [2.75, 3.05) is 11.4 Å². The number of aromatic nitrogens is 3. The Bertz CT molecular complexity index is 1220. The second-order valence-corrected chi connectivity index (χ2v) is 10.1. The van der Waals surface area contributed by atoms with E-state index in [0.29, 0.717) is 42.3 Å². The Morgan fingerprint density at radius 2 is 1.97 bits per heavy atom. The minimum absolute atomic E-state index is 0.0887. The normalized spacial score (nSPS) is 24.2. The lowest BCUT2D eigenvalue weighted by Crippen LogP contribution is -2.69. The maximum atomic E-state index is 15.5. The largest absolute Gasteiger partial charge is 0.504 e. The number of alkyl halides is 1. The predicted octanol–water partition coefficient (Wildman–Crippen LogP) is 4.06. The number of anilines is 1. The fraction of sp³-hybridized carbons (Fsp3) is 0.522. The molecule has 2 atom stereocenters. The van der Waals surface area contributed by atoms with Crippen LogP contribution in [0.2, 0.25) is 0 Å².